The molecule has 1 saturated heterocycles. The zero-order chi connectivity index (χ0) is 11.9. The molecule has 3 heteroatoms. The van der Waals surface area contributed by atoms with E-state index in [4.69, 9.17) is 4.74 Å². The zero-order valence-electron chi connectivity index (χ0n) is 10.4. The fourth-order valence-electron chi connectivity index (χ4n) is 1.92. The van der Waals surface area contributed by atoms with Gasteiger partial charge in [0.15, 0.2) is 0 Å². The monoisotopic (exact) mass is 251 g/mol. The van der Waals surface area contributed by atoms with Gasteiger partial charge in [-0.1, -0.05) is 13.0 Å². The number of hydrogen-bond donors (Lipinski definition) is 1. The highest BCUT2D eigenvalue weighted by Gasteiger charge is 2.14. The topological polar surface area (TPSA) is 21.3 Å². The molecular formula is C14H21NOS. The minimum atomic E-state index is 0.794. The van der Waals surface area contributed by atoms with E-state index >= 15 is 0 Å². The van der Waals surface area contributed by atoms with Gasteiger partial charge in [-0.3, -0.25) is 0 Å². The van der Waals surface area contributed by atoms with E-state index in [1.54, 1.807) is 0 Å². The summed E-state index contributed by atoms with van der Waals surface area (Å²) >= 11 is 2.07. The van der Waals surface area contributed by atoms with Crippen molar-refractivity contribution in [1.29, 1.82) is 0 Å². The minimum absolute atomic E-state index is 0.794. The summed E-state index contributed by atoms with van der Waals surface area (Å²) in [5, 5.41) is 3.51. The Bertz CT molecular complexity index is 337. The first kappa shape index (κ1) is 12.6. The van der Waals surface area contributed by atoms with Crippen molar-refractivity contribution in [3.63, 3.8) is 0 Å². The maximum absolute atomic E-state index is 5.62. The Morgan fingerprint density at radius 2 is 2.41 bits per heavy atom. The normalized spacial score (nSPS) is 19.2. The lowest BCUT2D eigenvalue weighted by Gasteiger charge is -2.12. The molecule has 0 amide bonds. The molecule has 0 spiro atoms. The Labute approximate surface area is 108 Å². The molecule has 1 fully saturated rings. The van der Waals surface area contributed by atoms with Gasteiger partial charge in [0.2, 0.25) is 0 Å². The summed E-state index contributed by atoms with van der Waals surface area (Å²) in [5.74, 6) is 4.43. The van der Waals surface area contributed by atoms with Crippen LogP contribution in [0.5, 0.6) is 5.75 Å². The zero-order valence-corrected chi connectivity index (χ0v) is 11.3. The summed E-state index contributed by atoms with van der Waals surface area (Å²) in [5.41, 5.74) is 1.18. The molecule has 1 atom stereocenters. The number of anilines is 1. The largest absolute Gasteiger partial charge is 0.494 e. The molecule has 1 aliphatic heterocycles. The number of hydrogen-bond acceptors (Lipinski definition) is 3. The third kappa shape index (κ3) is 4.15. The predicted octanol–water partition coefficient (Wildman–Crippen LogP) is 3.64. The summed E-state index contributed by atoms with van der Waals surface area (Å²) in [6.07, 6.45) is 2.40. The molecular weight excluding hydrogens is 230 g/mol. The van der Waals surface area contributed by atoms with Crippen LogP contribution in [0.25, 0.3) is 0 Å². The second-order valence-electron chi connectivity index (χ2n) is 4.49. The highest BCUT2D eigenvalue weighted by Crippen LogP contribution is 2.24. The number of nitrogens with one attached hydrogen (secondary N) is 1. The van der Waals surface area contributed by atoms with Crippen molar-refractivity contribution < 1.29 is 4.74 Å². The van der Waals surface area contributed by atoms with Crippen molar-refractivity contribution in [3.8, 4) is 5.75 Å². The number of thioether (sulfide) groups is 1. The van der Waals surface area contributed by atoms with Gasteiger partial charge < -0.3 is 10.1 Å². The molecule has 17 heavy (non-hydrogen) atoms. The van der Waals surface area contributed by atoms with E-state index in [0.29, 0.717) is 0 Å². The third-order valence-electron chi connectivity index (χ3n) is 2.93. The molecule has 1 N–H and O–H groups in total. The predicted molar refractivity (Wildman–Crippen MR) is 76.1 cm³/mol. The molecule has 0 aliphatic carbocycles. The van der Waals surface area contributed by atoms with E-state index in [-0.39, 0.29) is 0 Å². The van der Waals surface area contributed by atoms with Gasteiger partial charge in [0, 0.05) is 18.3 Å². The molecule has 1 aromatic carbocycles. The van der Waals surface area contributed by atoms with Crippen molar-refractivity contribution in [2.24, 2.45) is 5.92 Å². The smallest absolute Gasteiger partial charge is 0.121 e. The molecule has 1 heterocycles. The van der Waals surface area contributed by atoms with Gasteiger partial charge in [-0.25, -0.2) is 0 Å². The number of benzene rings is 1. The van der Waals surface area contributed by atoms with Gasteiger partial charge in [0.25, 0.3) is 0 Å². The average molecular weight is 251 g/mol. The maximum atomic E-state index is 5.62. The quantitative estimate of drug-likeness (QED) is 0.834. The van der Waals surface area contributed by atoms with E-state index < -0.39 is 0 Å². The van der Waals surface area contributed by atoms with Crippen LogP contribution in [-0.2, 0) is 0 Å². The van der Waals surface area contributed by atoms with Crippen molar-refractivity contribution in [2.75, 3.05) is 30.0 Å². The first-order valence-corrected chi connectivity index (χ1v) is 7.58. The molecule has 2 rings (SSSR count). The van der Waals surface area contributed by atoms with Crippen LogP contribution in [0.1, 0.15) is 19.8 Å². The minimum Gasteiger partial charge on any atom is -0.494 e. The second-order valence-corrected chi connectivity index (χ2v) is 5.64. The molecule has 1 aromatic rings. The van der Waals surface area contributed by atoms with Gasteiger partial charge in [-0.05, 0) is 42.4 Å². The summed E-state index contributed by atoms with van der Waals surface area (Å²) < 4.78 is 5.62. The summed E-state index contributed by atoms with van der Waals surface area (Å²) in [7, 11) is 0. The van der Waals surface area contributed by atoms with E-state index in [0.717, 1.165) is 31.2 Å². The van der Waals surface area contributed by atoms with Crippen LogP contribution in [-0.4, -0.2) is 24.7 Å². The van der Waals surface area contributed by atoms with Crippen LogP contribution in [0.2, 0.25) is 0 Å². The Balaban J connectivity index is 1.82. The summed E-state index contributed by atoms with van der Waals surface area (Å²) in [6.45, 7) is 4.01. The molecule has 1 aliphatic rings. The van der Waals surface area contributed by atoms with Crippen LogP contribution >= 0.6 is 11.8 Å². The summed E-state index contributed by atoms with van der Waals surface area (Å²) in [4.78, 5) is 0. The Morgan fingerprint density at radius 1 is 1.47 bits per heavy atom. The van der Waals surface area contributed by atoms with Gasteiger partial charge in [0.05, 0.1) is 6.61 Å². The second kappa shape index (κ2) is 6.80. The van der Waals surface area contributed by atoms with Crippen molar-refractivity contribution in [2.45, 2.75) is 19.8 Å². The lowest BCUT2D eigenvalue weighted by atomic mass is 10.1. The van der Waals surface area contributed by atoms with E-state index in [2.05, 4.69) is 42.2 Å². The fourth-order valence-corrected chi connectivity index (χ4v) is 3.21. The van der Waals surface area contributed by atoms with Crippen LogP contribution in [0, 0.1) is 5.92 Å². The molecule has 2 nitrogen and oxygen atoms in total. The highest BCUT2D eigenvalue weighted by molar-refractivity contribution is 7.99. The lowest BCUT2D eigenvalue weighted by molar-refractivity contribution is 0.317. The Hall–Kier alpha value is -0.830. The Kier molecular flexibility index (Phi) is 5.05. The van der Waals surface area contributed by atoms with Crippen LogP contribution in [0.3, 0.4) is 0 Å². The van der Waals surface area contributed by atoms with Crippen molar-refractivity contribution in [3.05, 3.63) is 24.3 Å². The van der Waals surface area contributed by atoms with E-state index in [1.807, 2.05) is 6.07 Å². The first-order valence-electron chi connectivity index (χ1n) is 6.43. The van der Waals surface area contributed by atoms with Crippen molar-refractivity contribution in [1.82, 2.24) is 0 Å². The van der Waals surface area contributed by atoms with E-state index in [1.165, 1.54) is 23.6 Å². The molecule has 0 bridgehead atoms. The molecule has 1 unspecified atom stereocenters. The maximum Gasteiger partial charge on any atom is 0.121 e. The fraction of sp³-hybridized carbons (Fsp3) is 0.571. The number of ether oxygens (including phenoxy) is 1. The molecule has 0 saturated carbocycles. The standard InChI is InChI=1S/C14H21NOS/c1-2-7-16-14-5-3-4-13(9-14)15-10-12-6-8-17-11-12/h3-5,9,12,15H,2,6-8,10-11H2,1H3. The van der Waals surface area contributed by atoms with Crippen LogP contribution in [0.4, 0.5) is 5.69 Å². The van der Waals surface area contributed by atoms with Gasteiger partial charge in [0.1, 0.15) is 5.75 Å². The lowest BCUT2D eigenvalue weighted by Crippen LogP contribution is -2.13. The van der Waals surface area contributed by atoms with Crippen LogP contribution < -0.4 is 10.1 Å². The highest BCUT2D eigenvalue weighted by atomic mass is 32.2. The van der Waals surface area contributed by atoms with Crippen LogP contribution in [0.15, 0.2) is 24.3 Å². The average Bonchev–Trinajstić information content (AvgIpc) is 2.87. The molecule has 94 valence electrons. The Morgan fingerprint density at radius 3 is 3.18 bits per heavy atom. The van der Waals surface area contributed by atoms with Gasteiger partial charge in [-0.15, -0.1) is 0 Å². The van der Waals surface area contributed by atoms with Gasteiger partial charge in [-0.2, -0.15) is 11.8 Å². The molecule has 0 radical (unpaired) electrons. The van der Waals surface area contributed by atoms with Gasteiger partial charge >= 0.3 is 0 Å². The van der Waals surface area contributed by atoms with E-state index in [9.17, 15) is 0 Å². The number of rotatable bonds is 6. The summed E-state index contributed by atoms with van der Waals surface area (Å²) in [6, 6.07) is 8.28. The molecule has 0 aromatic heterocycles. The first-order chi connectivity index (χ1) is 8.38. The van der Waals surface area contributed by atoms with Crippen molar-refractivity contribution >= 4 is 17.4 Å². The third-order valence-corrected chi connectivity index (χ3v) is 4.16. The SMILES string of the molecule is CCCOc1cccc(NCC2CCSC2)c1.